The van der Waals surface area contributed by atoms with Crippen molar-refractivity contribution in [2.75, 3.05) is 37.6 Å². The maximum absolute atomic E-state index is 5.98. The third-order valence-corrected chi connectivity index (χ3v) is 3.26. The number of aromatic nitrogens is 1. The summed E-state index contributed by atoms with van der Waals surface area (Å²) in [6.07, 6.45) is 0. The molecule has 0 aliphatic carbocycles. The summed E-state index contributed by atoms with van der Waals surface area (Å²) in [6, 6.07) is 4.00. The highest BCUT2D eigenvalue weighted by Crippen LogP contribution is 2.18. The largest absolute Gasteiger partial charge is 0.354 e. The number of hydrogen-bond acceptors (Lipinski definition) is 3. The van der Waals surface area contributed by atoms with Crippen LogP contribution < -0.4 is 4.90 Å². The smallest absolute Gasteiger partial charge is 0.131 e. The molecule has 0 radical (unpaired) electrons. The molecule has 0 atom stereocenters. The van der Waals surface area contributed by atoms with Crippen molar-refractivity contribution in [1.29, 1.82) is 0 Å². The lowest BCUT2D eigenvalue weighted by Crippen LogP contribution is -2.46. The van der Waals surface area contributed by atoms with Crippen LogP contribution in [-0.2, 0) is 0 Å². The number of nitrogens with zero attached hydrogens (tertiary/aromatic N) is 3. The molecule has 2 rings (SSSR count). The van der Waals surface area contributed by atoms with Gasteiger partial charge in [0.05, 0.1) is 0 Å². The number of pyridine rings is 1. The summed E-state index contributed by atoms with van der Waals surface area (Å²) in [7, 11) is 0. The number of halogens is 1. The molecule has 1 aliphatic heterocycles. The molecule has 0 aromatic carbocycles. The van der Waals surface area contributed by atoms with Gasteiger partial charge in [-0.2, -0.15) is 0 Å². The fraction of sp³-hybridized carbons (Fsp3) is 0.583. The van der Waals surface area contributed by atoms with Gasteiger partial charge in [-0.15, -0.1) is 0 Å². The monoisotopic (exact) mass is 239 g/mol. The Morgan fingerprint density at radius 3 is 2.50 bits per heavy atom. The quantitative estimate of drug-likeness (QED) is 0.738. The van der Waals surface area contributed by atoms with Gasteiger partial charge < -0.3 is 9.80 Å². The van der Waals surface area contributed by atoms with E-state index in [2.05, 4.69) is 34.7 Å². The van der Waals surface area contributed by atoms with Crippen molar-refractivity contribution in [3.63, 3.8) is 0 Å². The molecular weight excluding hydrogens is 222 g/mol. The zero-order chi connectivity index (χ0) is 11.5. The number of likely N-dealkylation sites (N-methyl/N-ethyl adjacent to an activating group) is 1. The second-order valence-electron chi connectivity index (χ2n) is 4.25. The van der Waals surface area contributed by atoms with Crippen LogP contribution in [0.3, 0.4) is 0 Å². The fourth-order valence-corrected chi connectivity index (χ4v) is 2.32. The maximum atomic E-state index is 5.98. The van der Waals surface area contributed by atoms with E-state index in [4.69, 9.17) is 11.6 Å². The molecule has 4 heteroatoms. The maximum Gasteiger partial charge on any atom is 0.131 e. The van der Waals surface area contributed by atoms with Gasteiger partial charge in [0.1, 0.15) is 11.0 Å². The molecule has 0 N–H and O–H groups in total. The zero-order valence-electron chi connectivity index (χ0n) is 9.91. The Bertz CT molecular complexity index is 339. The molecule has 3 nitrogen and oxygen atoms in total. The highest BCUT2D eigenvalue weighted by Gasteiger charge is 2.16. The fourth-order valence-electron chi connectivity index (χ4n) is 2.06. The highest BCUT2D eigenvalue weighted by atomic mass is 35.5. The number of anilines is 1. The molecule has 1 aromatic heterocycles. The normalized spacial score (nSPS) is 17.8. The van der Waals surface area contributed by atoms with Crippen LogP contribution in [0.15, 0.2) is 12.1 Å². The average molecular weight is 240 g/mol. The van der Waals surface area contributed by atoms with Gasteiger partial charge >= 0.3 is 0 Å². The van der Waals surface area contributed by atoms with Crippen LogP contribution in [0.2, 0.25) is 5.15 Å². The van der Waals surface area contributed by atoms with Crippen LogP contribution in [0.1, 0.15) is 12.5 Å². The van der Waals surface area contributed by atoms with Gasteiger partial charge in [-0.1, -0.05) is 18.5 Å². The molecule has 1 aromatic rings. The van der Waals surface area contributed by atoms with Crippen molar-refractivity contribution in [3.05, 3.63) is 22.8 Å². The second-order valence-corrected chi connectivity index (χ2v) is 4.63. The molecule has 2 heterocycles. The molecule has 0 saturated carbocycles. The van der Waals surface area contributed by atoms with E-state index in [9.17, 15) is 0 Å². The van der Waals surface area contributed by atoms with E-state index in [1.165, 1.54) is 5.56 Å². The van der Waals surface area contributed by atoms with Crippen LogP contribution in [0, 0.1) is 6.92 Å². The van der Waals surface area contributed by atoms with E-state index in [0.717, 1.165) is 38.5 Å². The summed E-state index contributed by atoms with van der Waals surface area (Å²) in [6.45, 7) is 9.71. The zero-order valence-corrected chi connectivity index (χ0v) is 10.7. The van der Waals surface area contributed by atoms with E-state index in [-0.39, 0.29) is 0 Å². The van der Waals surface area contributed by atoms with Gasteiger partial charge in [0.15, 0.2) is 0 Å². The van der Waals surface area contributed by atoms with Gasteiger partial charge in [0.2, 0.25) is 0 Å². The minimum Gasteiger partial charge on any atom is -0.354 e. The Balaban J connectivity index is 2.08. The molecular formula is C12H18ClN3. The molecule has 16 heavy (non-hydrogen) atoms. The lowest BCUT2D eigenvalue weighted by molar-refractivity contribution is 0.270. The van der Waals surface area contributed by atoms with Crippen molar-refractivity contribution < 1.29 is 0 Å². The molecule has 0 amide bonds. The minimum absolute atomic E-state index is 0.591. The van der Waals surface area contributed by atoms with Crippen LogP contribution >= 0.6 is 11.6 Å². The van der Waals surface area contributed by atoms with E-state index in [1.807, 2.05) is 6.07 Å². The minimum atomic E-state index is 0.591. The summed E-state index contributed by atoms with van der Waals surface area (Å²) in [4.78, 5) is 9.14. The van der Waals surface area contributed by atoms with Gasteiger partial charge in [-0.3, -0.25) is 0 Å². The predicted octanol–water partition coefficient (Wildman–Crippen LogP) is 2.19. The lowest BCUT2D eigenvalue weighted by atomic mass is 10.2. The topological polar surface area (TPSA) is 19.4 Å². The molecule has 0 unspecified atom stereocenters. The van der Waals surface area contributed by atoms with Crippen molar-refractivity contribution in [3.8, 4) is 0 Å². The number of piperazine rings is 1. The number of hydrogen-bond donors (Lipinski definition) is 0. The Morgan fingerprint density at radius 2 is 1.94 bits per heavy atom. The SMILES string of the molecule is CCN1CCN(c2cc(C)cc(Cl)n2)CC1. The Morgan fingerprint density at radius 1 is 1.25 bits per heavy atom. The van der Waals surface area contributed by atoms with Crippen molar-refractivity contribution in [1.82, 2.24) is 9.88 Å². The van der Waals surface area contributed by atoms with Gasteiger partial charge in [0.25, 0.3) is 0 Å². The molecule has 1 aliphatic rings. The summed E-state index contributed by atoms with van der Waals surface area (Å²) < 4.78 is 0. The van der Waals surface area contributed by atoms with E-state index in [0.29, 0.717) is 5.15 Å². The average Bonchev–Trinajstić information content (AvgIpc) is 2.28. The lowest BCUT2D eigenvalue weighted by Gasteiger charge is -2.34. The van der Waals surface area contributed by atoms with E-state index in [1.54, 1.807) is 0 Å². The Kier molecular flexibility index (Phi) is 3.66. The van der Waals surface area contributed by atoms with E-state index < -0.39 is 0 Å². The van der Waals surface area contributed by atoms with Crippen LogP contribution in [0.5, 0.6) is 0 Å². The summed E-state index contributed by atoms with van der Waals surface area (Å²) in [5, 5.41) is 0.591. The first-order valence-corrected chi connectivity index (χ1v) is 6.18. The summed E-state index contributed by atoms with van der Waals surface area (Å²) in [5.74, 6) is 1.01. The molecule has 1 fully saturated rings. The first kappa shape index (κ1) is 11.7. The molecule has 88 valence electrons. The second kappa shape index (κ2) is 5.02. The Labute approximate surface area is 102 Å². The first-order chi connectivity index (χ1) is 7.69. The number of aryl methyl sites for hydroxylation is 1. The van der Waals surface area contributed by atoms with Gasteiger partial charge in [-0.25, -0.2) is 4.98 Å². The highest BCUT2D eigenvalue weighted by molar-refractivity contribution is 6.29. The molecule has 1 saturated heterocycles. The predicted molar refractivity (Wildman–Crippen MR) is 68.3 cm³/mol. The molecule has 0 bridgehead atoms. The van der Waals surface area contributed by atoms with E-state index >= 15 is 0 Å². The van der Waals surface area contributed by atoms with Crippen LogP contribution in [-0.4, -0.2) is 42.6 Å². The van der Waals surface area contributed by atoms with Gasteiger partial charge in [0, 0.05) is 26.2 Å². The van der Waals surface area contributed by atoms with Crippen LogP contribution in [0.4, 0.5) is 5.82 Å². The Hall–Kier alpha value is -0.800. The third-order valence-electron chi connectivity index (χ3n) is 3.07. The number of rotatable bonds is 2. The van der Waals surface area contributed by atoms with Gasteiger partial charge in [-0.05, 0) is 31.2 Å². The third kappa shape index (κ3) is 2.66. The summed E-state index contributed by atoms with van der Waals surface area (Å²) >= 11 is 5.98. The van der Waals surface area contributed by atoms with Crippen molar-refractivity contribution >= 4 is 17.4 Å². The molecule has 0 spiro atoms. The summed E-state index contributed by atoms with van der Waals surface area (Å²) in [5.41, 5.74) is 1.17. The first-order valence-electron chi connectivity index (χ1n) is 5.80. The standard InChI is InChI=1S/C12H18ClN3/c1-3-15-4-6-16(7-5-15)12-9-10(2)8-11(13)14-12/h8-9H,3-7H2,1-2H3. The van der Waals surface area contributed by atoms with Crippen molar-refractivity contribution in [2.45, 2.75) is 13.8 Å². The van der Waals surface area contributed by atoms with Crippen molar-refractivity contribution in [2.24, 2.45) is 0 Å². The van der Waals surface area contributed by atoms with Crippen LogP contribution in [0.25, 0.3) is 0 Å².